The third-order valence-electron chi connectivity index (χ3n) is 5.44. The standard InChI is InChI=1S/C24H31F3N4O/c1-18(21-6-5-7-22(14-21)31-12-3-4-13-31)30-23(28-2)29-15-19-8-10-20(11-9-19)16-32-17-24(25,26)27/h5-11,14,18H,3-4,12-13,15-17H2,1-2H3,(H2,28,29,30). The molecule has 2 aromatic carbocycles. The molecule has 2 N–H and O–H groups in total. The van der Waals surface area contributed by atoms with Crippen LogP contribution in [0, 0.1) is 0 Å². The van der Waals surface area contributed by atoms with Crippen LogP contribution in [-0.2, 0) is 17.9 Å². The van der Waals surface area contributed by atoms with Crippen LogP contribution in [0.25, 0.3) is 0 Å². The van der Waals surface area contributed by atoms with Crippen molar-refractivity contribution in [3.8, 4) is 0 Å². The second-order valence-corrected chi connectivity index (χ2v) is 8.01. The fourth-order valence-corrected chi connectivity index (χ4v) is 3.67. The van der Waals surface area contributed by atoms with Crippen molar-refractivity contribution in [2.75, 3.05) is 31.6 Å². The quantitative estimate of drug-likeness (QED) is 0.450. The van der Waals surface area contributed by atoms with Crippen LogP contribution >= 0.6 is 0 Å². The fourth-order valence-electron chi connectivity index (χ4n) is 3.67. The molecular weight excluding hydrogens is 417 g/mol. The third kappa shape index (κ3) is 7.44. The minimum absolute atomic E-state index is 0.0650. The Morgan fingerprint density at radius 3 is 2.44 bits per heavy atom. The number of anilines is 1. The third-order valence-corrected chi connectivity index (χ3v) is 5.44. The lowest BCUT2D eigenvalue weighted by molar-refractivity contribution is -0.176. The maximum atomic E-state index is 12.2. The lowest BCUT2D eigenvalue weighted by Gasteiger charge is -2.22. The van der Waals surface area contributed by atoms with E-state index in [1.165, 1.54) is 24.1 Å². The van der Waals surface area contributed by atoms with Gasteiger partial charge in [-0.25, -0.2) is 0 Å². The van der Waals surface area contributed by atoms with E-state index >= 15 is 0 Å². The van der Waals surface area contributed by atoms with Crippen molar-refractivity contribution in [1.29, 1.82) is 0 Å². The molecule has 1 aliphatic heterocycles. The van der Waals surface area contributed by atoms with Crippen molar-refractivity contribution >= 4 is 11.6 Å². The topological polar surface area (TPSA) is 48.9 Å². The predicted molar refractivity (Wildman–Crippen MR) is 122 cm³/mol. The molecule has 5 nitrogen and oxygen atoms in total. The number of guanidine groups is 1. The van der Waals surface area contributed by atoms with Gasteiger partial charge in [-0.2, -0.15) is 13.2 Å². The van der Waals surface area contributed by atoms with Gasteiger partial charge in [-0.3, -0.25) is 4.99 Å². The lowest BCUT2D eigenvalue weighted by atomic mass is 10.1. The summed E-state index contributed by atoms with van der Waals surface area (Å²) in [6.45, 7) is 3.57. The van der Waals surface area contributed by atoms with Crippen molar-refractivity contribution in [1.82, 2.24) is 10.6 Å². The predicted octanol–water partition coefficient (Wildman–Crippen LogP) is 4.79. The van der Waals surface area contributed by atoms with Crippen LogP contribution in [0.15, 0.2) is 53.5 Å². The van der Waals surface area contributed by atoms with Gasteiger partial charge < -0.3 is 20.3 Å². The van der Waals surface area contributed by atoms with E-state index in [1.54, 1.807) is 19.2 Å². The number of benzene rings is 2. The van der Waals surface area contributed by atoms with Crippen LogP contribution in [0.2, 0.25) is 0 Å². The highest BCUT2D eigenvalue weighted by Gasteiger charge is 2.27. The monoisotopic (exact) mass is 448 g/mol. The molecule has 0 bridgehead atoms. The Bertz CT molecular complexity index is 878. The van der Waals surface area contributed by atoms with E-state index in [2.05, 4.69) is 51.7 Å². The van der Waals surface area contributed by atoms with Gasteiger partial charge >= 0.3 is 6.18 Å². The highest BCUT2D eigenvalue weighted by Crippen LogP contribution is 2.24. The molecule has 8 heteroatoms. The number of alkyl halides is 3. The molecule has 1 aliphatic rings. The number of hydrogen-bond acceptors (Lipinski definition) is 3. The fraction of sp³-hybridized carbons (Fsp3) is 0.458. The molecule has 32 heavy (non-hydrogen) atoms. The molecule has 2 aromatic rings. The average Bonchev–Trinajstić information content (AvgIpc) is 3.32. The molecule has 0 aromatic heterocycles. The van der Waals surface area contributed by atoms with Crippen LogP contribution in [0.4, 0.5) is 18.9 Å². The maximum absolute atomic E-state index is 12.2. The van der Waals surface area contributed by atoms with Gasteiger partial charge in [0.25, 0.3) is 0 Å². The summed E-state index contributed by atoms with van der Waals surface area (Å²) in [4.78, 5) is 6.72. The first-order valence-corrected chi connectivity index (χ1v) is 10.9. The first-order chi connectivity index (χ1) is 15.3. The highest BCUT2D eigenvalue weighted by molar-refractivity contribution is 5.80. The molecule has 0 aliphatic carbocycles. The molecule has 1 fully saturated rings. The van der Waals surface area contributed by atoms with E-state index in [-0.39, 0.29) is 12.6 Å². The van der Waals surface area contributed by atoms with Crippen molar-refractivity contribution in [2.45, 2.75) is 45.1 Å². The number of nitrogens with zero attached hydrogens (tertiary/aromatic N) is 2. The number of rotatable bonds is 8. The molecule has 0 amide bonds. The summed E-state index contributed by atoms with van der Waals surface area (Å²) in [7, 11) is 1.73. The minimum atomic E-state index is -4.31. The zero-order chi connectivity index (χ0) is 23.0. The van der Waals surface area contributed by atoms with Crippen LogP contribution in [0.3, 0.4) is 0 Å². The maximum Gasteiger partial charge on any atom is 0.411 e. The van der Waals surface area contributed by atoms with Gasteiger partial charge in [0.05, 0.1) is 12.6 Å². The molecule has 0 radical (unpaired) electrons. The molecule has 1 saturated heterocycles. The summed E-state index contributed by atoms with van der Waals surface area (Å²) in [6, 6.07) is 16.0. The molecule has 1 atom stereocenters. The summed E-state index contributed by atoms with van der Waals surface area (Å²) >= 11 is 0. The molecule has 1 heterocycles. The molecule has 0 saturated carbocycles. The first kappa shape index (κ1) is 23.9. The van der Waals surface area contributed by atoms with E-state index in [0.717, 1.165) is 18.7 Å². The number of aliphatic imine (C=N–C) groups is 1. The van der Waals surface area contributed by atoms with E-state index in [4.69, 9.17) is 4.74 Å². The number of halogens is 3. The highest BCUT2D eigenvalue weighted by atomic mass is 19.4. The Labute approximate surface area is 187 Å². The second kappa shape index (κ2) is 11.2. The Balaban J connectivity index is 1.49. The largest absolute Gasteiger partial charge is 0.411 e. The Kier molecular flexibility index (Phi) is 8.39. The zero-order valence-corrected chi connectivity index (χ0v) is 18.6. The molecule has 0 spiro atoms. The van der Waals surface area contributed by atoms with Crippen LogP contribution in [-0.4, -0.2) is 38.9 Å². The Morgan fingerprint density at radius 1 is 1.09 bits per heavy atom. The molecular formula is C24H31F3N4O. The average molecular weight is 449 g/mol. The van der Waals surface area contributed by atoms with Crippen molar-refractivity contribution in [2.24, 2.45) is 4.99 Å². The summed E-state index contributed by atoms with van der Waals surface area (Å²) in [5, 5.41) is 6.71. The van der Waals surface area contributed by atoms with E-state index in [9.17, 15) is 13.2 Å². The minimum Gasteiger partial charge on any atom is -0.372 e. The number of nitrogens with one attached hydrogen (secondary N) is 2. The van der Waals surface area contributed by atoms with Gasteiger partial charge in [0.15, 0.2) is 5.96 Å². The first-order valence-electron chi connectivity index (χ1n) is 10.9. The summed E-state index contributed by atoms with van der Waals surface area (Å²) in [5.74, 6) is 0.682. The lowest BCUT2D eigenvalue weighted by Crippen LogP contribution is -2.38. The van der Waals surface area contributed by atoms with Gasteiger partial charge in [0.1, 0.15) is 6.61 Å². The van der Waals surface area contributed by atoms with E-state index < -0.39 is 12.8 Å². The van der Waals surface area contributed by atoms with E-state index in [0.29, 0.717) is 18.1 Å². The summed E-state index contributed by atoms with van der Waals surface area (Å²) in [6.07, 6.45) is -1.81. The van der Waals surface area contributed by atoms with Gasteiger partial charge in [-0.15, -0.1) is 0 Å². The van der Waals surface area contributed by atoms with E-state index in [1.807, 2.05) is 12.1 Å². The summed E-state index contributed by atoms with van der Waals surface area (Å²) < 4.78 is 41.2. The molecule has 1 unspecified atom stereocenters. The van der Waals surface area contributed by atoms with Gasteiger partial charge in [-0.1, -0.05) is 36.4 Å². The summed E-state index contributed by atoms with van der Waals surface area (Å²) in [5.41, 5.74) is 4.15. The SMILES string of the molecule is CN=C(NCc1ccc(COCC(F)(F)F)cc1)NC(C)c1cccc(N2CCCC2)c1. The zero-order valence-electron chi connectivity index (χ0n) is 18.6. The van der Waals surface area contributed by atoms with Gasteiger partial charge in [0.2, 0.25) is 0 Å². The van der Waals surface area contributed by atoms with Gasteiger partial charge in [-0.05, 0) is 48.6 Å². The number of hydrogen-bond donors (Lipinski definition) is 2. The Hall–Kier alpha value is -2.74. The van der Waals surface area contributed by atoms with Crippen LogP contribution in [0.1, 0.15) is 42.5 Å². The van der Waals surface area contributed by atoms with Crippen LogP contribution < -0.4 is 15.5 Å². The smallest absolute Gasteiger partial charge is 0.372 e. The Morgan fingerprint density at radius 2 is 1.78 bits per heavy atom. The van der Waals surface area contributed by atoms with Crippen molar-refractivity contribution in [3.63, 3.8) is 0 Å². The number of ether oxygens (including phenoxy) is 1. The van der Waals surface area contributed by atoms with Gasteiger partial charge in [0, 0.05) is 32.4 Å². The molecule has 3 rings (SSSR count). The molecule has 174 valence electrons. The normalized spacial score (nSPS) is 15.7. The second-order valence-electron chi connectivity index (χ2n) is 8.01. The van der Waals surface area contributed by atoms with Crippen molar-refractivity contribution in [3.05, 3.63) is 65.2 Å². The van der Waals surface area contributed by atoms with Crippen LogP contribution in [0.5, 0.6) is 0 Å². The van der Waals surface area contributed by atoms with Crippen molar-refractivity contribution < 1.29 is 17.9 Å².